The summed E-state index contributed by atoms with van der Waals surface area (Å²) in [6, 6.07) is 7.37. The fourth-order valence-electron chi connectivity index (χ4n) is 2.76. The zero-order valence-electron chi connectivity index (χ0n) is 13.0. The molecule has 0 amide bonds. The van der Waals surface area contributed by atoms with E-state index >= 15 is 0 Å². The summed E-state index contributed by atoms with van der Waals surface area (Å²) in [6.45, 7) is 0. The lowest BCUT2D eigenvalue weighted by Crippen LogP contribution is -2.15. The molecule has 0 bridgehead atoms. The highest BCUT2D eigenvalue weighted by molar-refractivity contribution is 5.78. The summed E-state index contributed by atoms with van der Waals surface area (Å²) in [6.07, 6.45) is 4.68. The second-order valence-corrected chi connectivity index (χ2v) is 5.37. The van der Waals surface area contributed by atoms with Crippen LogP contribution < -0.4 is 9.47 Å². The van der Waals surface area contributed by atoms with E-state index in [9.17, 15) is 4.79 Å². The molecule has 1 aliphatic carbocycles. The van der Waals surface area contributed by atoms with Gasteiger partial charge in [0.1, 0.15) is 0 Å². The molecule has 1 fully saturated rings. The summed E-state index contributed by atoms with van der Waals surface area (Å²) in [5.74, 6) is 0.236. The van der Waals surface area contributed by atoms with Crippen molar-refractivity contribution in [3.05, 3.63) is 23.8 Å². The van der Waals surface area contributed by atoms with Gasteiger partial charge in [-0.1, -0.05) is 6.07 Å². The van der Waals surface area contributed by atoms with Crippen LogP contribution in [0, 0.1) is 11.3 Å². The topological polar surface area (TPSA) is 68.6 Å². The first-order valence-corrected chi connectivity index (χ1v) is 7.49. The second-order valence-electron chi connectivity index (χ2n) is 5.37. The van der Waals surface area contributed by atoms with E-state index < -0.39 is 11.9 Å². The van der Waals surface area contributed by atoms with Gasteiger partial charge in [-0.25, -0.2) is 0 Å². The summed E-state index contributed by atoms with van der Waals surface area (Å²) in [5.41, 5.74) is 0.710. The number of esters is 1. The number of benzene rings is 1. The van der Waals surface area contributed by atoms with Gasteiger partial charge in [0.25, 0.3) is 0 Å². The van der Waals surface area contributed by atoms with Gasteiger partial charge in [0.15, 0.2) is 11.5 Å². The smallest absolute Gasteiger partial charge is 0.314 e. The average Bonchev–Trinajstić information content (AvgIpc) is 3.05. The summed E-state index contributed by atoms with van der Waals surface area (Å²) in [5, 5.41) is 8.93. The lowest BCUT2D eigenvalue weighted by molar-refractivity contribution is -0.142. The van der Waals surface area contributed by atoms with Gasteiger partial charge in [-0.3, -0.25) is 4.79 Å². The molecule has 0 aliphatic heterocycles. The van der Waals surface area contributed by atoms with E-state index in [1.165, 1.54) is 20.0 Å². The number of nitriles is 1. The maximum atomic E-state index is 11.9. The van der Waals surface area contributed by atoms with Gasteiger partial charge in [-0.2, -0.15) is 5.26 Å². The molecule has 1 saturated carbocycles. The molecule has 1 unspecified atom stereocenters. The Morgan fingerprint density at radius 3 is 2.64 bits per heavy atom. The normalized spacial score (nSPS) is 15.9. The molecule has 1 aliphatic rings. The molecule has 0 saturated heterocycles. The van der Waals surface area contributed by atoms with Crippen molar-refractivity contribution < 1.29 is 19.0 Å². The van der Waals surface area contributed by atoms with Crippen molar-refractivity contribution in [2.75, 3.05) is 14.2 Å². The molecule has 0 spiro atoms. The van der Waals surface area contributed by atoms with Crippen LogP contribution >= 0.6 is 0 Å². The van der Waals surface area contributed by atoms with Gasteiger partial charge in [-0.05, 0) is 43.4 Å². The van der Waals surface area contributed by atoms with E-state index in [-0.39, 0.29) is 12.5 Å². The molecule has 0 N–H and O–H groups in total. The molecule has 1 atom stereocenters. The number of hydrogen-bond acceptors (Lipinski definition) is 5. The average molecular weight is 303 g/mol. The van der Waals surface area contributed by atoms with Crippen molar-refractivity contribution in [2.24, 2.45) is 0 Å². The third-order valence-corrected chi connectivity index (χ3v) is 3.97. The first-order valence-electron chi connectivity index (χ1n) is 7.49. The summed E-state index contributed by atoms with van der Waals surface area (Å²) >= 11 is 0. The van der Waals surface area contributed by atoms with Crippen LogP contribution in [0.4, 0.5) is 0 Å². The zero-order chi connectivity index (χ0) is 15.9. The van der Waals surface area contributed by atoms with E-state index in [0.717, 1.165) is 12.8 Å². The quantitative estimate of drug-likeness (QED) is 0.755. The predicted molar refractivity (Wildman–Crippen MR) is 80.9 cm³/mol. The Balaban J connectivity index is 2.27. The molecule has 0 aromatic heterocycles. The number of carbonyl (C=O) groups excluding carboxylic acids is 1. The van der Waals surface area contributed by atoms with Gasteiger partial charge in [-0.15, -0.1) is 0 Å². The van der Waals surface area contributed by atoms with Gasteiger partial charge in [0.05, 0.1) is 38.7 Å². The monoisotopic (exact) mass is 303 g/mol. The number of ether oxygens (including phenoxy) is 3. The molecule has 1 aromatic carbocycles. The number of hydrogen-bond donors (Lipinski definition) is 0. The van der Waals surface area contributed by atoms with Gasteiger partial charge < -0.3 is 14.2 Å². The van der Waals surface area contributed by atoms with Gasteiger partial charge in [0.2, 0.25) is 0 Å². The molecular weight excluding hydrogens is 282 g/mol. The molecule has 22 heavy (non-hydrogen) atoms. The van der Waals surface area contributed by atoms with E-state index in [1.807, 2.05) is 6.07 Å². The fraction of sp³-hybridized carbons (Fsp3) is 0.529. The van der Waals surface area contributed by atoms with Crippen LogP contribution in [0.1, 0.15) is 43.6 Å². The highest BCUT2D eigenvalue weighted by atomic mass is 16.5. The SMILES string of the molecule is COC(=O)C(CC#N)c1ccc(OC)c(OC2CCCC2)c1. The fourth-order valence-corrected chi connectivity index (χ4v) is 2.76. The molecule has 0 heterocycles. The minimum atomic E-state index is -0.605. The van der Waals surface area contributed by atoms with Crippen molar-refractivity contribution in [1.29, 1.82) is 5.26 Å². The molecule has 0 radical (unpaired) electrons. The van der Waals surface area contributed by atoms with Gasteiger partial charge >= 0.3 is 5.97 Å². The first kappa shape index (κ1) is 16.2. The van der Waals surface area contributed by atoms with Crippen molar-refractivity contribution in [1.82, 2.24) is 0 Å². The first-order chi connectivity index (χ1) is 10.7. The molecule has 118 valence electrons. The van der Waals surface area contributed by atoms with Crippen LogP contribution in [-0.4, -0.2) is 26.3 Å². The standard InChI is InChI=1S/C17H21NO4/c1-20-15-8-7-12(14(9-10-18)17(19)21-2)11-16(15)22-13-5-3-4-6-13/h7-8,11,13-14H,3-6,9H2,1-2H3. The minimum absolute atomic E-state index is 0.0713. The van der Waals surface area contributed by atoms with Crippen LogP contribution in [0.3, 0.4) is 0 Å². The Bertz CT molecular complexity index is 558. The molecular formula is C17H21NO4. The van der Waals surface area contributed by atoms with Crippen LogP contribution in [0.25, 0.3) is 0 Å². The maximum Gasteiger partial charge on any atom is 0.314 e. The Hall–Kier alpha value is -2.22. The zero-order valence-corrected chi connectivity index (χ0v) is 13.0. The van der Waals surface area contributed by atoms with Crippen molar-refractivity contribution >= 4 is 5.97 Å². The largest absolute Gasteiger partial charge is 0.493 e. The third-order valence-electron chi connectivity index (χ3n) is 3.97. The highest BCUT2D eigenvalue weighted by Gasteiger charge is 2.24. The Labute approximate surface area is 130 Å². The molecule has 2 rings (SSSR count). The predicted octanol–water partition coefficient (Wildman–Crippen LogP) is 3.19. The lowest BCUT2D eigenvalue weighted by Gasteiger charge is -2.18. The van der Waals surface area contributed by atoms with Gasteiger partial charge in [0, 0.05) is 0 Å². The number of nitrogens with zero attached hydrogens (tertiary/aromatic N) is 1. The highest BCUT2D eigenvalue weighted by Crippen LogP contribution is 2.35. The van der Waals surface area contributed by atoms with E-state index in [0.29, 0.717) is 17.1 Å². The maximum absolute atomic E-state index is 11.9. The summed E-state index contributed by atoms with van der Waals surface area (Å²) < 4.78 is 16.1. The number of carbonyl (C=O) groups is 1. The van der Waals surface area contributed by atoms with Crippen molar-refractivity contribution in [3.63, 3.8) is 0 Å². The van der Waals surface area contributed by atoms with E-state index in [1.54, 1.807) is 25.3 Å². The van der Waals surface area contributed by atoms with Crippen molar-refractivity contribution in [2.45, 2.75) is 44.1 Å². The van der Waals surface area contributed by atoms with E-state index in [2.05, 4.69) is 0 Å². The summed E-state index contributed by atoms with van der Waals surface area (Å²) in [4.78, 5) is 11.9. The molecule has 1 aromatic rings. The minimum Gasteiger partial charge on any atom is -0.493 e. The van der Waals surface area contributed by atoms with E-state index in [4.69, 9.17) is 19.5 Å². The molecule has 5 heteroatoms. The summed E-state index contributed by atoms with van der Waals surface area (Å²) in [7, 11) is 2.91. The Morgan fingerprint density at radius 2 is 2.05 bits per heavy atom. The number of rotatable bonds is 6. The van der Waals surface area contributed by atoms with Crippen LogP contribution in [0.2, 0.25) is 0 Å². The Morgan fingerprint density at radius 1 is 1.32 bits per heavy atom. The van der Waals surface area contributed by atoms with Crippen LogP contribution in [0.5, 0.6) is 11.5 Å². The van der Waals surface area contributed by atoms with Crippen LogP contribution in [0.15, 0.2) is 18.2 Å². The molecule has 5 nitrogen and oxygen atoms in total. The third kappa shape index (κ3) is 3.70. The van der Waals surface area contributed by atoms with Crippen molar-refractivity contribution in [3.8, 4) is 17.6 Å². The Kier molecular flexibility index (Phi) is 5.65. The second kappa shape index (κ2) is 7.69. The van der Waals surface area contributed by atoms with Crippen LogP contribution in [-0.2, 0) is 9.53 Å². The lowest BCUT2D eigenvalue weighted by atomic mass is 9.96. The number of methoxy groups -OCH3 is 2.